The number of hydrogen-bond acceptors (Lipinski definition) is 2. The maximum atomic E-state index is 12.0. The van der Waals surface area contributed by atoms with Gasteiger partial charge in [-0.25, -0.2) is 4.39 Å². The van der Waals surface area contributed by atoms with Crippen LogP contribution in [0.5, 0.6) is 5.88 Å². The Balaban J connectivity index is 2.83. The molecule has 0 spiro atoms. The number of aryl methyl sites for hydroxylation is 1. The number of esters is 1. The highest BCUT2D eigenvalue weighted by Crippen LogP contribution is 2.18. The Morgan fingerprint density at radius 3 is 3.00 bits per heavy atom. The highest BCUT2D eigenvalue weighted by atomic mass is 127. The average Bonchev–Trinajstić information content (AvgIpc) is 2.31. The minimum Gasteiger partial charge on any atom is -0.409 e. The first-order valence-electron chi connectivity index (χ1n) is 3.73. The second kappa shape index (κ2) is 4.59. The Hall–Kier alpha value is -0.590. The van der Waals surface area contributed by atoms with Crippen molar-refractivity contribution >= 4 is 28.6 Å². The lowest BCUT2D eigenvalue weighted by atomic mass is 10.6. The third kappa shape index (κ3) is 2.98. The predicted octanol–water partition coefficient (Wildman–Crippen LogP) is 1.99. The van der Waals surface area contributed by atoms with Crippen molar-refractivity contribution in [1.29, 1.82) is 0 Å². The molecule has 0 aliphatic carbocycles. The Morgan fingerprint density at radius 2 is 2.46 bits per heavy atom. The largest absolute Gasteiger partial charge is 0.409 e. The van der Waals surface area contributed by atoms with Crippen LogP contribution < -0.4 is 4.74 Å². The summed E-state index contributed by atoms with van der Waals surface area (Å²) in [5.41, 5.74) is 0. The zero-order valence-electron chi connectivity index (χ0n) is 7.09. The van der Waals surface area contributed by atoms with E-state index in [0.717, 1.165) is 3.57 Å². The topological polar surface area (TPSA) is 31.2 Å². The first-order valence-corrected chi connectivity index (χ1v) is 4.81. The molecule has 0 saturated carbocycles. The standard InChI is InChI=1S/C8H9FINO2/c1-6(12)13-8-4-7(10)5-11(8)3-2-9/h4-5H,2-3H2,1H3. The molecule has 0 aliphatic rings. The van der Waals surface area contributed by atoms with E-state index in [2.05, 4.69) is 22.6 Å². The molecular formula is C8H9FINO2. The minimum atomic E-state index is -0.473. The molecule has 0 atom stereocenters. The number of nitrogens with zero attached hydrogens (tertiary/aromatic N) is 1. The van der Waals surface area contributed by atoms with Crippen LogP contribution in [0.3, 0.4) is 0 Å². The number of carbonyl (C=O) groups is 1. The highest BCUT2D eigenvalue weighted by Gasteiger charge is 2.06. The summed E-state index contributed by atoms with van der Waals surface area (Å²) in [5, 5.41) is 0. The number of carbonyl (C=O) groups excluding carboxylic acids is 1. The fraction of sp³-hybridized carbons (Fsp3) is 0.375. The smallest absolute Gasteiger partial charge is 0.309 e. The molecule has 0 saturated heterocycles. The van der Waals surface area contributed by atoms with E-state index in [4.69, 9.17) is 4.74 Å². The van der Waals surface area contributed by atoms with Gasteiger partial charge in [-0.1, -0.05) is 0 Å². The van der Waals surface area contributed by atoms with Gasteiger partial charge in [-0.2, -0.15) is 0 Å². The quantitative estimate of drug-likeness (QED) is 0.631. The van der Waals surface area contributed by atoms with Gasteiger partial charge < -0.3 is 9.30 Å². The molecule has 0 bridgehead atoms. The van der Waals surface area contributed by atoms with Crippen molar-refractivity contribution in [2.75, 3.05) is 6.67 Å². The third-order valence-electron chi connectivity index (χ3n) is 1.40. The summed E-state index contributed by atoms with van der Waals surface area (Å²) in [6.45, 7) is 1.06. The molecule has 0 N–H and O–H groups in total. The molecule has 13 heavy (non-hydrogen) atoms. The summed E-state index contributed by atoms with van der Waals surface area (Å²) in [4.78, 5) is 10.6. The van der Waals surface area contributed by atoms with Gasteiger partial charge in [-0.15, -0.1) is 0 Å². The van der Waals surface area contributed by atoms with Gasteiger partial charge in [0.2, 0.25) is 5.88 Å². The van der Waals surface area contributed by atoms with Crippen LogP contribution in [0.15, 0.2) is 12.3 Å². The van der Waals surface area contributed by atoms with Gasteiger partial charge in [-0.3, -0.25) is 4.79 Å². The van der Waals surface area contributed by atoms with Gasteiger partial charge in [0.05, 0.1) is 6.54 Å². The van der Waals surface area contributed by atoms with Crippen molar-refractivity contribution < 1.29 is 13.9 Å². The molecule has 1 heterocycles. The van der Waals surface area contributed by atoms with Crippen LogP contribution in [0.4, 0.5) is 4.39 Å². The van der Waals surface area contributed by atoms with Crippen LogP contribution >= 0.6 is 22.6 Å². The number of halogens is 2. The van der Waals surface area contributed by atoms with Crippen molar-refractivity contribution in [2.45, 2.75) is 13.5 Å². The summed E-state index contributed by atoms with van der Waals surface area (Å²) >= 11 is 2.08. The van der Waals surface area contributed by atoms with E-state index in [1.807, 2.05) is 0 Å². The molecule has 0 fully saturated rings. The summed E-state index contributed by atoms with van der Waals surface area (Å²) < 4.78 is 19.4. The molecule has 5 heteroatoms. The lowest BCUT2D eigenvalue weighted by Gasteiger charge is -2.04. The first kappa shape index (κ1) is 10.5. The summed E-state index contributed by atoms with van der Waals surface area (Å²) in [5.74, 6) is 0.00385. The SMILES string of the molecule is CC(=O)Oc1cc(I)cn1CCF. The van der Waals surface area contributed by atoms with Crippen LogP contribution in [0, 0.1) is 3.57 Å². The second-order valence-corrected chi connectivity index (χ2v) is 3.72. The Labute approximate surface area is 89.0 Å². The fourth-order valence-corrected chi connectivity index (χ4v) is 1.55. The van der Waals surface area contributed by atoms with E-state index in [1.54, 1.807) is 16.8 Å². The maximum Gasteiger partial charge on any atom is 0.309 e. The molecule has 0 aromatic carbocycles. The predicted molar refractivity (Wildman–Crippen MR) is 54.4 cm³/mol. The van der Waals surface area contributed by atoms with E-state index < -0.39 is 12.6 Å². The average molecular weight is 297 g/mol. The number of rotatable bonds is 3. The van der Waals surface area contributed by atoms with Gasteiger partial charge >= 0.3 is 5.97 Å². The second-order valence-electron chi connectivity index (χ2n) is 2.47. The van der Waals surface area contributed by atoms with Gasteiger partial charge in [-0.05, 0) is 22.6 Å². The number of hydrogen-bond donors (Lipinski definition) is 0. The normalized spacial score (nSPS) is 10.1. The zero-order valence-corrected chi connectivity index (χ0v) is 9.25. The highest BCUT2D eigenvalue weighted by molar-refractivity contribution is 14.1. The van der Waals surface area contributed by atoms with Crippen molar-refractivity contribution in [1.82, 2.24) is 4.57 Å². The van der Waals surface area contributed by atoms with Crippen LogP contribution in [0.1, 0.15) is 6.92 Å². The summed E-state index contributed by atoms with van der Waals surface area (Å²) in [6.07, 6.45) is 1.73. The Bertz CT molecular complexity index is 311. The minimum absolute atomic E-state index is 0.214. The van der Waals surface area contributed by atoms with E-state index in [1.165, 1.54) is 6.92 Å². The number of ether oxygens (including phenoxy) is 1. The van der Waals surface area contributed by atoms with Crippen molar-refractivity contribution in [3.63, 3.8) is 0 Å². The van der Waals surface area contributed by atoms with E-state index in [-0.39, 0.29) is 6.54 Å². The molecule has 0 unspecified atom stereocenters. The van der Waals surface area contributed by atoms with Crippen LogP contribution in [-0.4, -0.2) is 17.2 Å². The fourth-order valence-electron chi connectivity index (χ4n) is 0.952. The molecule has 3 nitrogen and oxygen atoms in total. The Kier molecular flexibility index (Phi) is 3.71. The van der Waals surface area contributed by atoms with Crippen molar-refractivity contribution in [2.24, 2.45) is 0 Å². The molecular weight excluding hydrogens is 288 g/mol. The number of alkyl halides is 1. The van der Waals surface area contributed by atoms with E-state index >= 15 is 0 Å². The molecule has 0 amide bonds. The molecule has 0 aliphatic heterocycles. The van der Waals surface area contributed by atoms with Gasteiger partial charge in [0, 0.05) is 22.8 Å². The lowest BCUT2D eigenvalue weighted by molar-refractivity contribution is -0.132. The summed E-state index contributed by atoms with van der Waals surface area (Å²) in [7, 11) is 0. The van der Waals surface area contributed by atoms with Crippen LogP contribution in [0.2, 0.25) is 0 Å². The van der Waals surface area contributed by atoms with E-state index in [0.29, 0.717) is 5.88 Å². The first-order chi connectivity index (χ1) is 6.13. The molecule has 0 radical (unpaired) electrons. The van der Waals surface area contributed by atoms with E-state index in [9.17, 15) is 9.18 Å². The van der Waals surface area contributed by atoms with Crippen molar-refractivity contribution in [3.05, 3.63) is 15.8 Å². The van der Waals surface area contributed by atoms with Gasteiger partial charge in [0.25, 0.3) is 0 Å². The molecule has 1 rings (SSSR count). The monoisotopic (exact) mass is 297 g/mol. The van der Waals surface area contributed by atoms with Crippen LogP contribution in [0.25, 0.3) is 0 Å². The number of aromatic nitrogens is 1. The maximum absolute atomic E-state index is 12.0. The van der Waals surface area contributed by atoms with Gasteiger partial charge in [0.1, 0.15) is 6.67 Å². The molecule has 1 aromatic rings. The van der Waals surface area contributed by atoms with Crippen molar-refractivity contribution in [3.8, 4) is 5.88 Å². The van der Waals surface area contributed by atoms with Crippen LogP contribution in [-0.2, 0) is 11.3 Å². The zero-order chi connectivity index (χ0) is 9.84. The van der Waals surface area contributed by atoms with Gasteiger partial charge in [0.15, 0.2) is 0 Å². The lowest BCUT2D eigenvalue weighted by Crippen LogP contribution is -2.07. The third-order valence-corrected chi connectivity index (χ3v) is 1.99. The molecule has 1 aromatic heterocycles. The summed E-state index contributed by atoms with van der Waals surface area (Å²) in [6, 6.07) is 1.69. The Morgan fingerprint density at radius 1 is 1.77 bits per heavy atom. The molecule has 72 valence electrons.